The van der Waals surface area contributed by atoms with Crippen molar-refractivity contribution in [1.82, 2.24) is 10.2 Å². The van der Waals surface area contributed by atoms with Crippen LogP contribution in [0.5, 0.6) is 0 Å². The molecule has 1 aliphatic rings. The van der Waals surface area contributed by atoms with Crippen LogP contribution in [0.2, 0.25) is 0 Å². The van der Waals surface area contributed by atoms with Gasteiger partial charge in [-0.25, -0.2) is 0 Å². The van der Waals surface area contributed by atoms with Crippen LogP contribution in [0.1, 0.15) is 30.4 Å². The van der Waals surface area contributed by atoms with Crippen LogP contribution >= 0.6 is 0 Å². The number of hydrogen-bond donors (Lipinski definition) is 1. The largest absolute Gasteiger partial charge is 0.359 e. The molecule has 0 spiro atoms. The number of carbonyl (C=O) groups is 2. The minimum absolute atomic E-state index is 0.0711. The molecule has 0 atom stereocenters. The molecule has 4 rings (SSSR count). The van der Waals surface area contributed by atoms with Crippen molar-refractivity contribution in [1.29, 1.82) is 0 Å². The zero-order valence-electron chi connectivity index (χ0n) is 19.3. The molecule has 3 aromatic rings. The summed E-state index contributed by atoms with van der Waals surface area (Å²) >= 11 is 0. The molecule has 2 amide bonds. The Hall–Kier alpha value is -3.40. The lowest BCUT2D eigenvalue weighted by Gasteiger charge is -2.41. The molecular weight excluding hydrogens is 408 g/mol. The van der Waals surface area contributed by atoms with E-state index in [0.717, 1.165) is 12.0 Å². The summed E-state index contributed by atoms with van der Waals surface area (Å²) < 4.78 is 0. The third-order valence-corrected chi connectivity index (χ3v) is 6.88. The van der Waals surface area contributed by atoms with E-state index >= 15 is 0 Å². The Balaban J connectivity index is 1.47. The summed E-state index contributed by atoms with van der Waals surface area (Å²) in [6.07, 6.45) is 3.28. The van der Waals surface area contributed by atoms with Crippen molar-refractivity contribution in [3.8, 4) is 11.1 Å². The molecule has 3 aromatic carbocycles. The number of nitrogens with zero attached hydrogens (tertiary/aromatic N) is 1. The van der Waals surface area contributed by atoms with Crippen molar-refractivity contribution in [3.05, 3.63) is 96.1 Å². The Bertz CT molecular complexity index is 1070. The van der Waals surface area contributed by atoms with Crippen LogP contribution in [0, 0.1) is 5.41 Å². The van der Waals surface area contributed by atoms with Crippen molar-refractivity contribution in [2.45, 2.75) is 32.1 Å². The molecule has 4 heteroatoms. The first kappa shape index (κ1) is 22.8. The van der Waals surface area contributed by atoms with Crippen LogP contribution in [0.25, 0.3) is 11.1 Å². The van der Waals surface area contributed by atoms with E-state index in [2.05, 4.69) is 41.7 Å². The third-order valence-electron chi connectivity index (χ3n) is 6.88. The molecule has 1 saturated heterocycles. The second-order valence-electron chi connectivity index (χ2n) is 8.93. The Morgan fingerprint density at radius 1 is 0.848 bits per heavy atom. The van der Waals surface area contributed by atoms with Gasteiger partial charge in [0.25, 0.3) is 0 Å². The molecule has 0 saturated carbocycles. The van der Waals surface area contributed by atoms with Crippen molar-refractivity contribution in [3.63, 3.8) is 0 Å². The SMILES string of the molecule is CNC(=O)C1(Cc2ccccc2-c2ccccc2)CCN(C(=O)CCc2ccccc2)CC1. The molecule has 0 aliphatic carbocycles. The predicted octanol–water partition coefficient (Wildman–Crippen LogP) is 4.88. The molecule has 170 valence electrons. The highest BCUT2D eigenvalue weighted by molar-refractivity contribution is 5.84. The average molecular weight is 441 g/mol. The van der Waals surface area contributed by atoms with Gasteiger partial charge in [-0.2, -0.15) is 0 Å². The molecule has 33 heavy (non-hydrogen) atoms. The first-order valence-corrected chi connectivity index (χ1v) is 11.8. The Morgan fingerprint density at radius 3 is 2.12 bits per heavy atom. The van der Waals surface area contributed by atoms with Crippen LogP contribution in [-0.2, 0) is 22.4 Å². The fourth-order valence-corrected chi connectivity index (χ4v) is 4.93. The highest BCUT2D eigenvalue weighted by Gasteiger charge is 2.42. The van der Waals surface area contributed by atoms with Crippen LogP contribution < -0.4 is 5.32 Å². The molecule has 0 radical (unpaired) electrons. The Labute approximate surface area is 196 Å². The minimum atomic E-state index is -0.504. The number of rotatable bonds is 7. The van der Waals surface area contributed by atoms with Gasteiger partial charge in [0.15, 0.2) is 0 Å². The summed E-state index contributed by atoms with van der Waals surface area (Å²) in [4.78, 5) is 27.9. The van der Waals surface area contributed by atoms with Crippen LogP contribution in [-0.4, -0.2) is 36.9 Å². The molecule has 0 bridgehead atoms. The number of hydrogen-bond acceptors (Lipinski definition) is 2. The van der Waals surface area contributed by atoms with Gasteiger partial charge >= 0.3 is 0 Å². The zero-order valence-corrected chi connectivity index (χ0v) is 19.3. The van der Waals surface area contributed by atoms with E-state index in [1.807, 2.05) is 53.4 Å². The fourth-order valence-electron chi connectivity index (χ4n) is 4.93. The van der Waals surface area contributed by atoms with Gasteiger partial charge in [0, 0.05) is 26.6 Å². The third kappa shape index (κ3) is 5.33. The molecule has 0 unspecified atom stereocenters. The van der Waals surface area contributed by atoms with Gasteiger partial charge in [0.1, 0.15) is 0 Å². The van der Waals surface area contributed by atoms with Gasteiger partial charge in [0.05, 0.1) is 5.41 Å². The monoisotopic (exact) mass is 440 g/mol. The molecule has 4 nitrogen and oxygen atoms in total. The first-order valence-electron chi connectivity index (χ1n) is 11.8. The lowest BCUT2D eigenvalue weighted by atomic mass is 9.72. The maximum Gasteiger partial charge on any atom is 0.226 e. The van der Waals surface area contributed by atoms with Gasteiger partial charge in [0.2, 0.25) is 11.8 Å². The van der Waals surface area contributed by atoms with Crippen LogP contribution in [0.4, 0.5) is 0 Å². The van der Waals surface area contributed by atoms with Crippen molar-refractivity contribution >= 4 is 11.8 Å². The van der Waals surface area contributed by atoms with E-state index < -0.39 is 5.41 Å². The zero-order chi connectivity index (χ0) is 23.1. The molecule has 1 N–H and O–H groups in total. The number of aryl methyl sites for hydroxylation is 1. The number of piperidine rings is 1. The standard InChI is InChI=1S/C29H32N2O2/c1-30-28(33)29(22-25-14-8-9-15-26(25)24-12-6-3-7-13-24)18-20-31(21-19-29)27(32)17-16-23-10-4-2-5-11-23/h2-15H,16-22H2,1H3,(H,30,33). The van der Waals surface area contributed by atoms with Gasteiger partial charge < -0.3 is 10.2 Å². The number of likely N-dealkylation sites (tertiary alicyclic amines) is 1. The smallest absolute Gasteiger partial charge is 0.226 e. The second kappa shape index (κ2) is 10.5. The number of benzene rings is 3. The highest BCUT2D eigenvalue weighted by atomic mass is 16.2. The van der Waals surface area contributed by atoms with Gasteiger partial charge in [-0.3, -0.25) is 9.59 Å². The van der Waals surface area contributed by atoms with Crippen molar-refractivity contribution < 1.29 is 9.59 Å². The summed E-state index contributed by atoms with van der Waals surface area (Å²) in [5.41, 5.74) is 4.18. The van der Waals surface area contributed by atoms with Crippen LogP contribution in [0.3, 0.4) is 0 Å². The summed E-state index contributed by atoms with van der Waals surface area (Å²) in [7, 11) is 1.71. The van der Waals surface area contributed by atoms with E-state index in [0.29, 0.717) is 38.8 Å². The van der Waals surface area contributed by atoms with E-state index in [4.69, 9.17) is 0 Å². The molecular formula is C29H32N2O2. The topological polar surface area (TPSA) is 49.4 Å². The van der Waals surface area contributed by atoms with Gasteiger partial charge in [-0.1, -0.05) is 84.9 Å². The normalized spacial score (nSPS) is 15.1. The maximum absolute atomic E-state index is 13.1. The quantitative estimate of drug-likeness (QED) is 0.569. The number of nitrogens with one attached hydrogen (secondary N) is 1. The summed E-state index contributed by atoms with van der Waals surface area (Å²) in [6, 6.07) is 28.8. The summed E-state index contributed by atoms with van der Waals surface area (Å²) in [5, 5.41) is 2.90. The summed E-state index contributed by atoms with van der Waals surface area (Å²) in [5.74, 6) is 0.246. The maximum atomic E-state index is 13.1. The number of amides is 2. The highest BCUT2D eigenvalue weighted by Crippen LogP contribution is 2.38. The van der Waals surface area contributed by atoms with E-state index in [9.17, 15) is 9.59 Å². The predicted molar refractivity (Wildman–Crippen MR) is 133 cm³/mol. The molecule has 1 fully saturated rings. The van der Waals surface area contributed by atoms with E-state index in [1.54, 1.807) is 7.05 Å². The van der Waals surface area contributed by atoms with Crippen molar-refractivity contribution in [2.24, 2.45) is 5.41 Å². The first-order chi connectivity index (χ1) is 16.1. The Morgan fingerprint density at radius 2 is 1.45 bits per heavy atom. The number of carbonyl (C=O) groups excluding carboxylic acids is 2. The van der Waals surface area contributed by atoms with Crippen LogP contribution in [0.15, 0.2) is 84.9 Å². The van der Waals surface area contributed by atoms with E-state index in [1.165, 1.54) is 16.7 Å². The average Bonchev–Trinajstić information content (AvgIpc) is 2.88. The van der Waals surface area contributed by atoms with Gasteiger partial charge in [-0.15, -0.1) is 0 Å². The minimum Gasteiger partial charge on any atom is -0.359 e. The summed E-state index contributed by atoms with van der Waals surface area (Å²) in [6.45, 7) is 1.24. The van der Waals surface area contributed by atoms with Gasteiger partial charge in [-0.05, 0) is 47.9 Å². The molecule has 1 heterocycles. The van der Waals surface area contributed by atoms with E-state index in [-0.39, 0.29) is 11.8 Å². The fraction of sp³-hybridized carbons (Fsp3) is 0.310. The lowest BCUT2D eigenvalue weighted by Crippen LogP contribution is -2.50. The van der Waals surface area contributed by atoms with Crippen molar-refractivity contribution in [2.75, 3.05) is 20.1 Å². The Kier molecular flexibility index (Phi) is 7.23. The lowest BCUT2D eigenvalue weighted by molar-refractivity contribution is -0.140. The molecule has 0 aromatic heterocycles. The molecule has 1 aliphatic heterocycles. The second-order valence-corrected chi connectivity index (χ2v) is 8.93.